The van der Waals surface area contributed by atoms with Gasteiger partial charge in [-0.3, -0.25) is 0 Å². The molecule has 0 amide bonds. The van der Waals surface area contributed by atoms with Crippen LogP contribution in [0.2, 0.25) is 0 Å². The molecule has 3 rings (SSSR count). The average molecular weight is 388 g/mol. The zero-order chi connectivity index (χ0) is 18.9. The number of nitrogens with zero attached hydrogens (tertiary/aromatic N) is 1. The molecule has 1 unspecified atom stereocenters. The van der Waals surface area contributed by atoms with E-state index in [0.717, 1.165) is 49.8 Å². The summed E-state index contributed by atoms with van der Waals surface area (Å²) in [6.07, 6.45) is 2.42. The number of hydrogen-bond donors (Lipinski definition) is 2. The highest BCUT2D eigenvalue weighted by atomic mass is 32.1. The number of ether oxygens (including phenoxy) is 2. The van der Waals surface area contributed by atoms with E-state index < -0.39 is 0 Å². The fourth-order valence-corrected chi connectivity index (χ4v) is 3.62. The van der Waals surface area contributed by atoms with Crippen molar-refractivity contribution in [2.75, 3.05) is 19.8 Å². The van der Waals surface area contributed by atoms with Gasteiger partial charge in [0.05, 0.1) is 19.2 Å². The first kappa shape index (κ1) is 19.7. The van der Waals surface area contributed by atoms with Crippen LogP contribution in [0.4, 0.5) is 0 Å². The van der Waals surface area contributed by atoms with Crippen molar-refractivity contribution < 1.29 is 9.47 Å². The van der Waals surface area contributed by atoms with Crippen molar-refractivity contribution in [1.82, 2.24) is 10.6 Å². The number of benzene rings is 1. The van der Waals surface area contributed by atoms with Gasteiger partial charge in [-0.2, -0.15) is 0 Å². The number of guanidine groups is 1. The zero-order valence-electron chi connectivity index (χ0n) is 16.2. The molecule has 0 spiro atoms. The van der Waals surface area contributed by atoms with Crippen LogP contribution in [-0.2, 0) is 17.8 Å². The number of thiophene rings is 1. The lowest BCUT2D eigenvalue weighted by atomic mass is 10.1. The fourth-order valence-electron chi connectivity index (χ4n) is 2.98. The van der Waals surface area contributed by atoms with Crippen LogP contribution in [0.5, 0.6) is 5.75 Å². The van der Waals surface area contributed by atoms with Crippen LogP contribution < -0.4 is 15.4 Å². The fraction of sp³-hybridized carbons (Fsp3) is 0.476. The molecule has 2 N–H and O–H groups in total. The molecule has 0 aliphatic carbocycles. The third-order valence-corrected chi connectivity index (χ3v) is 5.31. The molecule has 1 aliphatic rings. The molecule has 0 radical (unpaired) electrons. The van der Waals surface area contributed by atoms with Crippen LogP contribution in [0.1, 0.15) is 35.8 Å². The number of rotatable bonds is 8. The summed E-state index contributed by atoms with van der Waals surface area (Å²) in [5.74, 6) is 1.72. The molecule has 1 aliphatic heterocycles. The lowest BCUT2D eigenvalue weighted by Crippen LogP contribution is -2.36. The lowest BCUT2D eigenvalue weighted by Gasteiger charge is -2.15. The molecule has 146 valence electrons. The van der Waals surface area contributed by atoms with Gasteiger partial charge in [-0.05, 0) is 49.8 Å². The van der Waals surface area contributed by atoms with Crippen molar-refractivity contribution in [2.45, 2.75) is 45.9 Å². The minimum absolute atomic E-state index is 0.214. The van der Waals surface area contributed by atoms with Crippen molar-refractivity contribution >= 4 is 17.3 Å². The predicted molar refractivity (Wildman–Crippen MR) is 112 cm³/mol. The third kappa shape index (κ3) is 6.26. The highest BCUT2D eigenvalue weighted by molar-refractivity contribution is 7.09. The van der Waals surface area contributed by atoms with E-state index >= 15 is 0 Å². The molecule has 5 nitrogen and oxygen atoms in total. The maximum absolute atomic E-state index is 6.08. The standard InChI is InChI=1S/C21H29N3O2S/c1-3-22-21(24-14-19-7-5-11-27-19)23-13-17-9-8-16(2)12-20(17)26-15-18-6-4-10-25-18/h5,7-9,11-12,18H,3-4,6,10,13-15H2,1-2H3,(H2,22,23,24). The molecule has 2 heterocycles. The van der Waals surface area contributed by atoms with Gasteiger partial charge in [-0.25, -0.2) is 4.99 Å². The first-order valence-corrected chi connectivity index (χ1v) is 10.5. The molecule has 1 atom stereocenters. The first-order chi connectivity index (χ1) is 13.2. The van der Waals surface area contributed by atoms with Crippen LogP contribution in [-0.4, -0.2) is 31.8 Å². The van der Waals surface area contributed by atoms with E-state index in [1.807, 2.05) is 0 Å². The molecule has 1 aromatic carbocycles. The third-order valence-electron chi connectivity index (χ3n) is 4.43. The summed E-state index contributed by atoms with van der Waals surface area (Å²) in [4.78, 5) is 6.03. The highest BCUT2D eigenvalue weighted by Crippen LogP contribution is 2.23. The van der Waals surface area contributed by atoms with E-state index in [0.29, 0.717) is 13.2 Å². The van der Waals surface area contributed by atoms with Crippen molar-refractivity contribution in [2.24, 2.45) is 4.99 Å². The minimum atomic E-state index is 0.214. The van der Waals surface area contributed by atoms with E-state index in [1.165, 1.54) is 10.4 Å². The zero-order valence-corrected chi connectivity index (χ0v) is 17.0. The average Bonchev–Trinajstić information content (AvgIpc) is 3.37. The summed E-state index contributed by atoms with van der Waals surface area (Å²) in [7, 11) is 0. The number of hydrogen-bond acceptors (Lipinski definition) is 4. The Bertz CT molecular complexity index is 725. The molecule has 6 heteroatoms. The second-order valence-electron chi connectivity index (χ2n) is 6.69. The molecule has 0 saturated carbocycles. The maximum atomic E-state index is 6.08. The normalized spacial score (nSPS) is 17.1. The van der Waals surface area contributed by atoms with E-state index in [9.17, 15) is 0 Å². The topological polar surface area (TPSA) is 54.9 Å². The van der Waals surface area contributed by atoms with Crippen LogP contribution >= 0.6 is 11.3 Å². The second-order valence-corrected chi connectivity index (χ2v) is 7.72. The second kappa shape index (κ2) is 10.3. The first-order valence-electron chi connectivity index (χ1n) is 9.63. The summed E-state index contributed by atoms with van der Waals surface area (Å²) in [5, 5.41) is 8.78. The summed E-state index contributed by atoms with van der Waals surface area (Å²) in [6, 6.07) is 10.5. The highest BCUT2D eigenvalue weighted by Gasteiger charge is 2.17. The van der Waals surface area contributed by atoms with Crippen LogP contribution in [0.15, 0.2) is 40.7 Å². The van der Waals surface area contributed by atoms with Gasteiger partial charge in [0, 0.05) is 23.6 Å². The number of aliphatic imine (C=N–C) groups is 1. The van der Waals surface area contributed by atoms with E-state index in [4.69, 9.17) is 14.5 Å². The molecule has 1 aromatic heterocycles. The smallest absolute Gasteiger partial charge is 0.191 e. The Hall–Kier alpha value is -2.05. The molecule has 0 bridgehead atoms. The van der Waals surface area contributed by atoms with Crippen molar-refractivity contribution in [1.29, 1.82) is 0 Å². The molecular weight excluding hydrogens is 358 g/mol. The largest absolute Gasteiger partial charge is 0.491 e. The van der Waals surface area contributed by atoms with Gasteiger partial charge in [-0.1, -0.05) is 18.2 Å². The van der Waals surface area contributed by atoms with Gasteiger partial charge in [0.15, 0.2) is 5.96 Å². The van der Waals surface area contributed by atoms with Gasteiger partial charge in [0.2, 0.25) is 0 Å². The Balaban J connectivity index is 1.63. The minimum Gasteiger partial charge on any atom is -0.491 e. The predicted octanol–water partition coefficient (Wildman–Crippen LogP) is 3.87. The summed E-state index contributed by atoms with van der Waals surface area (Å²) in [5.41, 5.74) is 2.28. The Morgan fingerprint density at radius 2 is 2.26 bits per heavy atom. The summed E-state index contributed by atoms with van der Waals surface area (Å²) in [6.45, 7) is 7.79. The number of nitrogens with one attached hydrogen (secondary N) is 2. The van der Waals surface area contributed by atoms with E-state index in [-0.39, 0.29) is 6.10 Å². The van der Waals surface area contributed by atoms with Gasteiger partial charge in [0.1, 0.15) is 12.4 Å². The van der Waals surface area contributed by atoms with Crippen molar-refractivity contribution in [3.63, 3.8) is 0 Å². The molecule has 27 heavy (non-hydrogen) atoms. The van der Waals surface area contributed by atoms with Gasteiger partial charge in [0.25, 0.3) is 0 Å². The van der Waals surface area contributed by atoms with E-state index in [1.54, 1.807) is 11.3 Å². The van der Waals surface area contributed by atoms with Crippen molar-refractivity contribution in [3.05, 3.63) is 51.7 Å². The van der Waals surface area contributed by atoms with Gasteiger partial charge >= 0.3 is 0 Å². The Labute approximate surface area is 165 Å². The SMILES string of the molecule is CCNC(=NCc1ccc(C)cc1OCC1CCCO1)NCc1cccs1. The van der Waals surface area contributed by atoms with Gasteiger partial charge < -0.3 is 20.1 Å². The monoisotopic (exact) mass is 387 g/mol. The Morgan fingerprint density at radius 1 is 1.33 bits per heavy atom. The van der Waals surface area contributed by atoms with Crippen LogP contribution in [0.3, 0.4) is 0 Å². The Kier molecular flexibility index (Phi) is 7.54. The molecule has 1 saturated heterocycles. The lowest BCUT2D eigenvalue weighted by molar-refractivity contribution is 0.0676. The summed E-state index contributed by atoms with van der Waals surface area (Å²) < 4.78 is 11.8. The quantitative estimate of drug-likeness (QED) is 0.533. The number of aryl methyl sites for hydroxylation is 1. The van der Waals surface area contributed by atoms with Crippen LogP contribution in [0, 0.1) is 6.92 Å². The molecular formula is C21H29N3O2S. The Morgan fingerprint density at radius 3 is 3.00 bits per heavy atom. The van der Waals surface area contributed by atoms with Crippen molar-refractivity contribution in [3.8, 4) is 5.75 Å². The molecule has 1 fully saturated rings. The van der Waals surface area contributed by atoms with Crippen LogP contribution in [0.25, 0.3) is 0 Å². The van der Waals surface area contributed by atoms with E-state index in [2.05, 4.69) is 60.2 Å². The van der Waals surface area contributed by atoms with Gasteiger partial charge in [-0.15, -0.1) is 11.3 Å². The summed E-state index contributed by atoms with van der Waals surface area (Å²) >= 11 is 1.74. The molecule has 2 aromatic rings. The maximum Gasteiger partial charge on any atom is 0.191 e.